The molecule has 0 saturated carbocycles. The number of benzene rings is 1. The SMILES string of the molecule is Cc1nnnn1/C(=C\c1ccccc1)C(=O)OCc1cc(=O)n2c(C)cccc2n1. The molecule has 0 spiro atoms. The lowest BCUT2D eigenvalue weighted by atomic mass is 10.2. The van der Waals surface area contributed by atoms with Gasteiger partial charge in [0.05, 0.1) is 5.69 Å². The third kappa shape index (κ3) is 3.86. The number of nitrogens with zero attached hydrogens (tertiary/aromatic N) is 6. The normalized spacial score (nSPS) is 11.6. The molecule has 0 radical (unpaired) electrons. The number of aromatic nitrogens is 6. The standard InChI is InChI=1S/C21H18N6O3/c1-14-7-6-10-19-22-17(12-20(28)26(14)19)13-30-21(29)18(27-15(2)23-24-25-27)11-16-8-4-3-5-9-16/h3-12H,13H2,1-2H3/b18-11-. The third-order valence-electron chi connectivity index (χ3n) is 4.45. The molecular weight excluding hydrogens is 384 g/mol. The first-order chi connectivity index (χ1) is 14.5. The summed E-state index contributed by atoms with van der Waals surface area (Å²) in [7, 11) is 0. The molecule has 1 aromatic carbocycles. The lowest BCUT2D eigenvalue weighted by molar-refractivity contribution is -0.138. The van der Waals surface area contributed by atoms with Gasteiger partial charge in [0.15, 0.2) is 11.5 Å². The van der Waals surface area contributed by atoms with Crippen molar-refractivity contribution in [2.24, 2.45) is 0 Å². The summed E-state index contributed by atoms with van der Waals surface area (Å²) in [6.07, 6.45) is 1.64. The molecule has 3 aromatic heterocycles. The second-order valence-corrected chi connectivity index (χ2v) is 6.60. The van der Waals surface area contributed by atoms with Gasteiger partial charge < -0.3 is 4.74 Å². The van der Waals surface area contributed by atoms with Crippen LogP contribution in [0.25, 0.3) is 17.4 Å². The first-order valence-electron chi connectivity index (χ1n) is 9.20. The van der Waals surface area contributed by atoms with Crippen LogP contribution >= 0.6 is 0 Å². The van der Waals surface area contributed by atoms with Crippen LogP contribution in [0.1, 0.15) is 22.8 Å². The highest BCUT2D eigenvalue weighted by Gasteiger charge is 2.18. The highest BCUT2D eigenvalue weighted by Crippen LogP contribution is 2.14. The summed E-state index contributed by atoms with van der Waals surface area (Å²) in [5.41, 5.74) is 2.32. The minimum Gasteiger partial charge on any atom is -0.454 e. The Kier molecular flexibility index (Phi) is 5.17. The van der Waals surface area contributed by atoms with Gasteiger partial charge in [-0.1, -0.05) is 36.4 Å². The minimum atomic E-state index is -0.638. The van der Waals surface area contributed by atoms with Crippen LogP contribution in [0.2, 0.25) is 0 Å². The number of hydrogen-bond donors (Lipinski definition) is 0. The smallest absolute Gasteiger partial charge is 0.357 e. The molecule has 9 heteroatoms. The number of fused-ring (bicyclic) bond motifs is 1. The van der Waals surface area contributed by atoms with E-state index in [-0.39, 0.29) is 17.9 Å². The summed E-state index contributed by atoms with van der Waals surface area (Å²) in [6, 6.07) is 16.0. The molecule has 3 heterocycles. The van der Waals surface area contributed by atoms with Gasteiger partial charge in [0, 0.05) is 11.8 Å². The second-order valence-electron chi connectivity index (χ2n) is 6.60. The van der Waals surface area contributed by atoms with Crippen LogP contribution in [-0.4, -0.2) is 35.6 Å². The van der Waals surface area contributed by atoms with Gasteiger partial charge in [0.25, 0.3) is 5.56 Å². The Balaban J connectivity index is 1.62. The van der Waals surface area contributed by atoms with Crippen molar-refractivity contribution in [2.45, 2.75) is 20.5 Å². The number of rotatable bonds is 5. The number of aryl methyl sites for hydroxylation is 2. The summed E-state index contributed by atoms with van der Waals surface area (Å²) in [4.78, 5) is 29.7. The monoisotopic (exact) mass is 402 g/mol. The maximum atomic E-state index is 12.9. The maximum Gasteiger partial charge on any atom is 0.357 e. The Morgan fingerprint density at radius 3 is 2.63 bits per heavy atom. The molecule has 30 heavy (non-hydrogen) atoms. The topological polar surface area (TPSA) is 104 Å². The van der Waals surface area contributed by atoms with Crippen molar-refractivity contribution in [1.29, 1.82) is 0 Å². The van der Waals surface area contributed by atoms with Gasteiger partial charge in [-0.15, -0.1) is 5.10 Å². The van der Waals surface area contributed by atoms with Gasteiger partial charge in [-0.05, 0) is 48.0 Å². The van der Waals surface area contributed by atoms with E-state index in [1.54, 1.807) is 19.1 Å². The molecule has 0 fully saturated rings. The summed E-state index contributed by atoms with van der Waals surface area (Å²) in [5.74, 6) is -0.202. The van der Waals surface area contributed by atoms with Crippen molar-refractivity contribution in [2.75, 3.05) is 0 Å². The van der Waals surface area contributed by atoms with E-state index in [0.29, 0.717) is 17.2 Å². The largest absolute Gasteiger partial charge is 0.454 e. The zero-order chi connectivity index (χ0) is 21.1. The quantitative estimate of drug-likeness (QED) is 0.372. The molecular formula is C21H18N6O3. The van der Waals surface area contributed by atoms with Crippen molar-refractivity contribution < 1.29 is 9.53 Å². The third-order valence-corrected chi connectivity index (χ3v) is 4.45. The van der Waals surface area contributed by atoms with Gasteiger partial charge in [-0.3, -0.25) is 9.20 Å². The lowest BCUT2D eigenvalue weighted by Gasteiger charge is -2.10. The zero-order valence-electron chi connectivity index (χ0n) is 16.4. The molecule has 0 amide bonds. The van der Waals surface area contributed by atoms with E-state index in [0.717, 1.165) is 11.3 Å². The van der Waals surface area contributed by atoms with Crippen molar-refractivity contribution in [3.63, 3.8) is 0 Å². The van der Waals surface area contributed by atoms with Crippen LogP contribution in [0.15, 0.2) is 59.4 Å². The number of carbonyl (C=O) groups is 1. The molecule has 0 aliphatic carbocycles. The minimum absolute atomic E-state index is 0.150. The molecule has 0 bridgehead atoms. The van der Waals surface area contributed by atoms with Crippen molar-refractivity contribution >= 4 is 23.4 Å². The summed E-state index contributed by atoms with van der Waals surface area (Å²) in [5, 5.41) is 11.3. The summed E-state index contributed by atoms with van der Waals surface area (Å²) >= 11 is 0. The van der Waals surface area contributed by atoms with Crippen LogP contribution in [0.3, 0.4) is 0 Å². The maximum absolute atomic E-state index is 12.9. The van der Waals surface area contributed by atoms with Crippen LogP contribution in [0, 0.1) is 13.8 Å². The van der Waals surface area contributed by atoms with Crippen LogP contribution in [0.4, 0.5) is 0 Å². The molecule has 4 aromatic rings. The molecule has 0 saturated heterocycles. The van der Waals surface area contributed by atoms with Crippen molar-refractivity contribution in [3.8, 4) is 0 Å². The lowest BCUT2D eigenvalue weighted by Crippen LogP contribution is -2.19. The average Bonchev–Trinajstić information content (AvgIpc) is 3.16. The van der Waals surface area contributed by atoms with E-state index >= 15 is 0 Å². The van der Waals surface area contributed by atoms with E-state index in [1.165, 1.54) is 15.1 Å². The highest BCUT2D eigenvalue weighted by molar-refractivity contribution is 6.15. The summed E-state index contributed by atoms with van der Waals surface area (Å²) in [6.45, 7) is 3.34. The fraction of sp³-hybridized carbons (Fsp3) is 0.143. The molecule has 0 aliphatic rings. The first-order valence-corrected chi connectivity index (χ1v) is 9.20. The Bertz CT molecular complexity index is 1310. The van der Waals surface area contributed by atoms with Crippen molar-refractivity contribution in [1.82, 2.24) is 29.6 Å². The molecule has 150 valence electrons. The number of tetrazole rings is 1. The van der Waals surface area contributed by atoms with Gasteiger partial charge in [-0.25, -0.2) is 9.78 Å². The Hall–Kier alpha value is -4.14. The van der Waals surface area contributed by atoms with Crippen LogP contribution in [0.5, 0.6) is 0 Å². The van der Waals surface area contributed by atoms with E-state index in [2.05, 4.69) is 20.5 Å². The van der Waals surface area contributed by atoms with Gasteiger partial charge in [-0.2, -0.15) is 4.68 Å². The van der Waals surface area contributed by atoms with E-state index in [4.69, 9.17) is 4.74 Å². The molecule has 4 rings (SSSR count). The fourth-order valence-corrected chi connectivity index (χ4v) is 3.02. The van der Waals surface area contributed by atoms with Gasteiger partial charge in [0.1, 0.15) is 12.3 Å². The molecule has 0 N–H and O–H groups in total. The predicted octanol–water partition coefficient (Wildman–Crippen LogP) is 2.04. The second kappa shape index (κ2) is 8.08. The molecule has 0 atom stereocenters. The summed E-state index contributed by atoms with van der Waals surface area (Å²) < 4.78 is 8.24. The number of hydrogen-bond acceptors (Lipinski definition) is 7. The van der Waals surface area contributed by atoms with E-state index in [1.807, 2.05) is 49.4 Å². The van der Waals surface area contributed by atoms with E-state index < -0.39 is 5.97 Å². The number of esters is 1. The predicted molar refractivity (Wildman–Crippen MR) is 109 cm³/mol. The Morgan fingerprint density at radius 1 is 1.10 bits per heavy atom. The highest BCUT2D eigenvalue weighted by atomic mass is 16.5. The fourth-order valence-electron chi connectivity index (χ4n) is 3.02. The van der Waals surface area contributed by atoms with Crippen LogP contribution < -0.4 is 5.56 Å². The molecule has 0 unspecified atom stereocenters. The Labute approximate surface area is 171 Å². The Morgan fingerprint density at radius 2 is 1.90 bits per heavy atom. The van der Waals surface area contributed by atoms with E-state index in [9.17, 15) is 9.59 Å². The average molecular weight is 402 g/mol. The number of ether oxygens (including phenoxy) is 1. The molecule has 9 nitrogen and oxygen atoms in total. The first kappa shape index (κ1) is 19.2. The van der Waals surface area contributed by atoms with Crippen molar-refractivity contribution in [3.05, 3.63) is 87.7 Å². The van der Waals surface area contributed by atoms with Gasteiger partial charge in [0.2, 0.25) is 0 Å². The van der Waals surface area contributed by atoms with Gasteiger partial charge >= 0.3 is 5.97 Å². The van der Waals surface area contributed by atoms with Crippen LogP contribution in [-0.2, 0) is 16.1 Å². The zero-order valence-corrected chi connectivity index (χ0v) is 16.4. The number of carbonyl (C=O) groups excluding carboxylic acids is 1. The molecule has 0 aliphatic heterocycles. The number of pyridine rings is 1.